The van der Waals surface area contributed by atoms with E-state index in [4.69, 9.17) is 0 Å². The highest BCUT2D eigenvalue weighted by atomic mass is 16.1. The molecule has 1 N–H and O–H groups in total. The van der Waals surface area contributed by atoms with E-state index >= 15 is 0 Å². The molecule has 0 radical (unpaired) electrons. The van der Waals surface area contributed by atoms with Gasteiger partial charge in [0.2, 0.25) is 0 Å². The molecule has 7 heteroatoms. The minimum atomic E-state index is -0.107. The Morgan fingerprint density at radius 1 is 1.40 bits per heavy atom. The van der Waals surface area contributed by atoms with E-state index in [0.29, 0.717) is 6.54 Å². The number of aromatic nitrogens is 5. The fraction of sp³-hybridized carbons (Fsp3) is 0.538. The second-order valence-corrected chi connectivity index (χ2v) is 4.93. The third kappa shape index (κ3) is 2.43. The topological polar surface area (TPSA) is 77.6 Å². The van der Waals surface area contributed by atoms with Crippen molar-refractivity contribution in [2.45, 2.75) is 39.3 Å². The van der Waals surface area contributed by atoms with Crippen molar-refractivity contribution in [1.29, 1.82) is 0 Å². The van der Waals surface area contributed by atoms with E-state index in [0.717, 1.165) is 49.6 Å². The van der Waals surface area contributed by atoms with Crippen molar-refractivity contribution in [3.63, 3.8) is 0 Å². The van der Waals surface area contributed by atoms with Crippen LogP contribution in [-0.4, -0.2) is 31.1 Å². The summed E-state index contributed by atoms with van der Waals surface area (Å²) in [6.45, 7) is 4.16. The van der Waals surface area contributed by atoms with Crippen LogP contribution in [0.1, 0.15) is 31.3 Å². The summed E-state index contributed by atoms with van der Waals surface area (Å²) in [6.07, 6.45) is 4.46. The molecule has 0 fully saturated rings. The average Bonchev–Trinajstić information content (AvgIpc) is 2.87. The molecular formula is C13H18N6O. The van der Waals surface area contributed by atoms with Crippen LogP contribution in [-0.2, 0) is 19.5 Å². The summed E-state index contributed by atoms with van der Waals surface area (Å²) in [5.41, 5.74) is 1.72. The third-order valence-corrected chi connectivity index (χ3v) is 3.40. The van der Waals surface area contributed by atoms with Gasteiger partial charge in [0.05, 0.1) is 11.4 Å². The van der Waals surface area contributed by atoms with Crippen LogP contribution in [0, 0.1) is 0 Å². The van der Waals surface area contributed by atoms with Crippen LogP contribution in [0.15, 0.2) is 17.2 Å². The lowest BCUT2D eigenvalue weighted by atomic mass is 10.1. The molecule has 2 aromatic rings. The molecule has 0 unspecified atom stereocenters. The zero-order valence-corrected chi connectivity index (χ0v) is 11.5. The van der Waals surface area contributed by atoms with Crippen LogP contribution in [0.3, 0.4) is 0 Å². The lowest BCUT2D eigenvalue weighted by molar-refractivity contribution is 0.522. The van der Waals surface area contributed by atoms with Gasteiger partial charge in [-0.1, -0.05) is 6.92 Å². The monoisotopic (exact) mass is 274 g/mol. The lowest BCUT2D eigenvalue weighted by Crippen LogP contribution is -2.28. The highest BCUT2D eigenvalue weighted by Gasteiger charge is 2.14. The molecule has 1 aliphatic heterocycles. The molecule has 3 rings (SSSR count). The van der Waals surface area contributed by atoms with Gasteiger partial charge in [0.1, 0.15) is 18.7 Å². The third-order valence-electron chi connectivity index (χ3n) is 3.40. The normalized spacial score (nSPS) is 13.8. The first-order valence-corrected chi connectivity index (χ1v) is 6.99. The number of nitrogens with one attached hydrogen (secondary N) is 1. The zero-order valence-electron chi connectivity index (χ0n) is 11.5. The summed E-state index contributed by atoms with van der Waals surface area (Å²) in [6, 6.07) is 1.63. The first kappa shape index (κ1) is 12.8. The number of aryl methyl sites for hydroxylation is 2. The van der Waals surface area contributed by atoms with Crippen molar-refractivity contribution in [3.05, 3.63) is 34.3 Å². The zero-order chi connectivity index (χ0) is 13.9. The number of fused-ring (bicyclic) bond motifs is 1. The predicted molar refractivity (Wildman–Crippen MR) is 74.7 cm³/mol. The number of rotatable bonds is 4. The van der Waals surface area contributed by atoms with Crippen molar-refractivity contribution in [3.8, 4) is 0 Å². The van der Waals surface area contributed by atoms with Crippen LogP contribution in [0.2, 0.25) is 0 Å². The molecule has 2 aromatic heterocycles. The van der Waals surface area contributed by atoms with Gasteiger partial charge in [0, 0.05) is 19.2 Å². The summed E-state index contributed by atoms with van der Waals surface area (Å²) in [4.78, 5) is 16.3. The summed E-state index contributed by atoms with van der Waals surface area (Å²) < 4.78 is 3.30. The van der Waals surface area contributed by atoms with E-state index in [1.807, 2.05) is 4.68 Å². The highest BCUT2D eigenvalue weighted by Crippen LogP contribution is 2.16. The first-order valence-electron chi connectivity index (χ1n) is 6.99. The van der Waals surface area contributed by atoms with Crippen molar-refractivity contribution >= 4 is 5.69 Å². The Hall–Kier alpha value is -2.18. The predicted octanol–water partition coefficient (Wildman–Crippen LogP) is 0.651. The number of anilines is 1. The van der Waals surface area contributed by atoms with Crippen LogP contribution in [0.25, 0.3) is 0 Å². The summed E-state index contributed by atoms with van der Waals surface area (Å²) >= 11 is 0. The second-order valence-electron chi connectivity index (χ2n) is 4.93. The van der Waals surface area contributed by atoms with Crippen molar-refractivity contribution in [1.82, 2.24) is 24.5 Å². The average molecular weight is 274 g/mol. The van der Waals surface area contributed by atoms with Gasteiger partial charge >= 0.3 is 0 Å². The maximum atomic E-state index is 12.1. The molecule has 106 valence electrons. The molecule has 0 bridgehead atoms. The Morgan fingerprint density at radius 2 is 2.30 bits per heavy atom. The van der Waals surface area contributed by atoms with E-state index < -0.39 is 0 Å². The van der Waals surface area contributed by atoms with Crippen LogP contribution in [0.5, 0.6) is 0 Å². The molecule has 1 aliphatic rings. The summed E-state index contributed by atoms with van der Waals surface area (Å²) in [5, 5.41) is 11.8. The van der Waals surface area contributed by atoms with E-state index in [-0.39, 0.29) is 5.56 Å². The molecule has 3 heterocycles. The molecular weight excluding hydrogens is 256 g/mol. The molecule has 0 atom stereocenters. The Kier molecular flexibility index (Phi) is 3.49. The van der Waals surface area contributed by atoms with Crippen LogP contribution >= 0.6 is 0 Å². The maximum absolute atomic E-state index is 12.1. The lowest BCUT2D eigenvalue weighted by Gasteiger charge is -2.17. The van der Waals surface area contributed by atoms with Gasteiger partial charge in [-0.05, 0) is 19.3 Å². The highest BCUT2D eigenvalue weighted by molar-refractivity contribution is 5.48. The molecule has 0 aliphatic carbocycles. The number of hydrogen-bond acceptors (Lipinski definition) is 5. The number of hydrogen-bond donors (Lipinski definition) is 1. The summed E-state index contributed by atoms with van der Waals surface area (Å²) in [5.74, 6) is 0.769. The SMILES string of the molecule is CCCn1ncnc1Cn1nc2c(cc1=O)NCCC2. The molecule has 0 amide bonds. The Morgan fingerprint density at radius 3 is 3.15 bits per heavy atom. The fourth-order valence-corrected chi connectivity index (χ4v) is 2.40. The Labute approximate surface area is 116 Å². The number of nitrogens with zero attached hydrogens (tertiary/aromatic N) is 5. The van der Waals surface area contributed by atoms with E-state index in [2.05, 4.69) is 27.4 Å². The first-order chi connectivity index (χ1) is 9.78. The van der Waals surface area contributed by atoms with Gasteiger partial charge in [-0.15, -0.1) is 0 Å². The van der Waals surface area contributed by atoms with Crippen LogP contribution < -0.4 is 10.9 Å². The standard InChI is InChI=1S/C13H18N6O/c1-2-6-18-12(15-9-16-18)8-19-13(20)7-11-10(17-19)4-3-5-14-11/h7,9,14H,2-6,8H2,1H3. The minimum Gasteiger partial charge on any atom is -0.383 e. The smallest absolute Gasteiger partial charge is 0.269 e. The van der Waals surface area contributed by atoms with Gasteiger partial charge < -0.3 is 5.32 Å². The van der Waals surface area contributed by atoms with Gasteiger partial charge in [0.15, 0.2) is 0 Å². The molecule has 7 nitrogen and oxygen atoms in total. The van der Waals surface area contributed by atoms with Gasteiger partial charge in [-0.2, -0.15) is 10.2 Å². The van der Waals surface area contributed by atoms with Crippen molar-refractivity contribution in [2.75, 3.05) is 11.9 Å². The molecule has 0 aromatic carbocycles. The molecule has 20 heavy (non-hydrogen) atoms. The van der Waals surface area contributed by atoms with E-state index in [1.54, 1.807) is 6.07 Å². The van der Waals surface area contributed by atoms with Gasteiger partial charge in [0.25, 0.3) is 5.56 Å². The second kappa shape index (κ2) is 5.44. The maximum Gasteiger partial charge on any atom is 0.269 e. The van der Waals surface area contributed by atoms with E-state index in [1.165, 1.54) is 11.0 Å². The quantitative estimate of drug-likeness (QED) is 0.885. The van der Waals surface area contributed by atoms with Crippen LogP contribution in [0.4, 0.5) is 5.69 Å². The van der Waals surface area contributed by atoms with E-state index in [9.17, 15) is 4.79 Å². The molecule has 0 spiro atoms. The Balaban J connectivity index is 1.90. The molecule has 0 saturated heterocycles. The minimum absolute atomic E-state index is 0.107. The van der Waals surface area contributed by atoms with Crippen molar-refractivity contribution < 1.29 is 0 Å². The largest absolute Gasteiger partial charge is 0.383 e. The Bertz CT molecular complexity index is 659. The van der Waals surface area contributed by atoms with Gasteiger partial charge in [-0.3, -0.25) is 4.79 Å². The molecule has 0 saturated carbocycles. The summed E-state index contributed by atoms with van der Waals surface area (Å²) in [7, 11) is 0. The van der Waals surface area contributed by atoms with Gasteiger partial charge in [-0.25, -0.2) is 14.3 Å². The fourth-order valence-electron chi connectivity index (χ4n) is 2.40. The van der Waals surface area contributed by atoms with Crippen molar-refractivity contribution in [2.24, 2.45) is 0 Å².